The summed E-state index contributed by atoms with van der Waals surface area (Å²) >= 11 is 0. The van der Waals surface area contributed by atoms with Crippen molar-refractivity contribution in [1.82, 2.24) is 9.97 Å². The zero-order chi connectivity index (χ0) is 15.4. The summed E-state index contributed by atoms with van der Waals surface area (Å²) < 4.78 is 5.63. The van der Waals surface area contributed by atoms with E-state index in [4.69, 9.17) is 4.74 Å². The quantitative estimate of drug-likeness (QED) is 0.804. The van der Waals surface area contributed by atoms with E-state index >= 15 is 0 Å². The Labute approximate surface area is 129 Å². The highest BCUT2D eigenvalue weighted by Crippen LogP contribution is 2.20. The molecule has 1 aromatic heterocycles. The van der Waals surface area contributed by atoms with Crippen molar-refractivity contribution in [2.45, 2.75) is 39.0 Å². The van der Waals surface area contributed by atoms with Crippen molar-refractivity contribution < 1.29 is 4.74 Å². The number of H-pyrrole nitrogens is 1. The molecule has 2 N–H and O–H groups in total. The van der Waals surface area contributed by atoms with Gasteiger partial charge in [0.25, 0.3) is 5.56 Å². The number of hydrogen-bond acceptors (Lipinski definition) is 4. The highest BCUT2D eigenvalue weighted by Gasteiger charge is 2.16. The summed E-state index contributed by atoms with van der Waals surface area (Å²) in [5, 5.41) is 3.15. The number of nitrogens with one attached hydrogen (secondary N) is 2. The van der Waals surface area contributed by atoms with Crippen LogP contribution in [-0.2, 0) is 12.8 Å². The van der Waals surface area contributed by atoms with Gasteiger partial charge in [-0.3, -0.25) is 9.78 Å². The second kappa shape index (κ2) is 6.64. The minimum atomic E-state index is -0.0236. The molecule has 0 amide bonds. The summed E-state index contributed by atoms with van der Waals surface area (Å²) in [5.74, 6) is 1.36. The fraction of sp³-hybridized carbons (Fsp3) is 0.412. The monoisotopic (exact) mass is 299 g/mol. The average Bonchev–Trinajstić information content (AvgIpc) is 2.98. The number of aryl methyl sites for hydroxylation is 1. The van der Waals surface area contributed by atoms with Crippen LogP contribution in [0.25, 0.3) is 0 Å². The number of ether oxygens (including phenoxy) is 1. The predicted octanol–water partition coefficient (Wildman–Crippen LogP) is 3.18. The highest BCUT2D eigenvalue weighted by molar-refractivity contribution is 5.54. The summed E-state index contributed by atoms with van der Waals surface area (Å²) in [6.07, 6.45) is 4.91. The maximum absolute atomic E-state index is 12.0. The standard InChI is InChI=1S/C17H21N3O2/c1-2-3-11-22-13-9-7-12(8-10-13)18-17-19-15-6-4-5-14(15)16(21)20-17/h7-10H,2-6,11H2,1H3,(H2,18,19,20,21). The Morgan fingerprint density at radius 1 is 1.27 bits per heavy atom. The molecule has 0 atom stereocenters. The Kier molecular flexibility index (Phi) is 4.42. The maximum atomic E-state index is 12.0. The first kappa shape index (κ1) is 14.6. The molecule has 5 heteroatoms. The van der Waals surface area contributed by atoms with Gasteiger partial charge < -0.3 is 10.1 Å². The molecule has 1 aromatic carbocycles. The van der Waals surface area contributed by atoms with Crippen molar-refractivity contribution >= 4 is 11.6 Å². The van der Waals surface area contributed by atoms with Crippen LogP contribution < -0.4 is 15.6 Å². The van der Waals surface area contributed by atoms with Gasteiger partial charge in [-0.25, -0.2) is 4.98 Å². The number of aromatic amines is 1. The topological polar surface area (TPSA) is 67.0 Å². The number of benzene rings is 1. The number of anilines is 2. The van der Waals surface area contributed by atoms with Gasteiger partial charge in [-0.2, -0.15) is 0 Å². The predicted molar refractivity (Wildman–Crippen MR) is 87.0 cm³/mol. The largest absolute Gasteiger partial charge is 0.494 e. The Morgan fingerprint density at radius 3 is 2.86 bits per heavy atom. The van der Waals surface area contributed by atoms with E-state index in [2.05, 4.69) is 22.2 Å². The van der Waals surface area contributed by atoms with Gasteiger partial charge in [-0.15, -0.1) is 0 Å². The molecule has 0 unspecified atom stereocenters. The molecule has 0 fully saturated rings. The van der Waals surface area contributed by atoms with Gasteiger partial charge >= 0.3 is 0 Å². The maximum Gasteiger partial charge on any atom is 0.255 e. The van der Waals surface area contributed by atoms with Gasteiger partial charge in [0.2, 0.25) is 5.95 Å². The van der Waals surface area contributed by atoms with Gasteiger partial charge in [0, 0.05) is 11.3 Å². The van der Waals surface area contributed by atoms with Crippen LogP contribution in [0.15, 0.2) is 29.1 Å². The molecular formula is C17H21N3O2. The number of fused-ring (bicyclic) bond motifs is 1. The molecule has 0 saturated carbocycles. The van der Waals surface area contributed by atoms with Crippen molar-refractivity contribution in [3.8, 4) is 5.75 Å². The van der Waals surface area contributed by atoms with Crippen molar-refractivity contribution in [2.75, 3.05) is 11.9 Å². The normalized spacial score (nSPS) is 13.0. The van der Waals surface area contributed by atoms with E-state index in [-0.39, 0.29) is 5.56 Å². The van der Waals surface area contributed by atoms with E-state index in [1.807, 2.05) is 24.3 Å². The molecule has 22 heavy (non-hydrogen) atoms. The molecule has 0 aliphatic heterocycles. The van der Waals surface area contributed by atoms with Crippen LogP contribution in [0.5, 0.6) is 5.75 Å². The lowest BCUT2D eigenvalue weighted by molar-refractivity contribution is 0.309. The third-order valence-corrected chi connectivity index (χ3v) is 3.83. The first-order valence-corrected chi connectivity index (χ1v) is 7.88. The molecular weight excluding hydrogens is 278 g/mol. The first-order chi connectivity index (χ1) is 10.8. The van der Waals surface area contributed by atoms with Crippen LogP contribution in [0.3, 0.4) is 0 Å². The molecule has 0 spiro atoms. The minimum Gasteiger partial charge on any atom is -0.494 e. The first-order valence-electron chi connectivity index (χ1n) is 7.88. The zero-order valence-electron chi connectivity index (χ0n) is 12.8. The Hall–Kier alpha value is -2.30. The second-order valence-electron chi connectivity index (χ2n) is 5.54. The van der Waals surface area contributed by atoms with Gasteiger partial charge in [-0.1, -0.05) is 13.3 Å². The second-order valence-corrected chi connectivity index (χ2v) is 5.54. The van der Waals surface area contributed by atoms with Crippen LogP contribution in [0.2, 0.25) is 0 Å². The third kappa shape index (κ3) is 3.30. The minimum absolute atomic E-state index is 0.0236. The molecule has 0 bridgehead atoms. The molecule has 1 aliphatic carbocycles. The lowest BCUT2D eigenvalue weighted by Gasteiger charge is -2.09. The van der Waals surface area contributed by atoms with Gasteiger partial charge in [0.05, 0.1) is 12.3 Å². The number of nitrogens with zero attached hydrogens (tertiary/aromatic N) is 1. The molecule has 0 radical (unpaired) electrons. The summed E-state index contributed by atoms with van der Waals surface area (Å²) in [5.41, 5.74) is 2.62. The summed E-state index contributed by atoms with van der Waals surface area (Å²) in [6.45, 7) is 2.88. The highest BCUT2D eigenvalue weighted by atomic mass is 16.5. The number of hydrogen-bond donors (Lipinski definition) is 2. The van der Waals surface area contributed by atoms with E-state index < -0.39 is 0 Å². The van der Waals surface area contributed by atoms with E-state index in [1.54, 1.807) is 0 Å². The van der Waals surface area contributed by atoms with Crippen LogP contribution in [0.4, 0.5) is 11.6 Å². The summed E-state index contributed by atoms with van der Waals surface area (Å²) in [4.78, 5) is 19.3. The number of unbranched alkanes of at least 4 members (excludes halogenated alkanes) is 1. The van der Waals surface area contributed by atoms with Crippen molar-refractivity contribution in [1.29, 1.82) is 0 Å². The van der Waals surface area contributed by atoms with Crippen molar-refractivity contribution in [3.05, 3.63) is 45.9 Å². The molecule has 1 heterocycles. The van der Waals surface area contributed by atoms with E-state index in [1.165, 1.54) is 0 Å². The lowest BCUT2D eigenvalue weighted by Crippen LogP contribution is -2.16. The van der Waals surface area contributed by atoms with Gasteiger partial charge in [-0.05, 0) is 49.9 Å². The van der Waals surface area contributed by atoms with E-state index in [0.29, 0.717) is 5.95 Å². The van der Waals surface area contributed by atoms with E-state index in [9.17, 15) is 4.79 Å². The summed E-state index contributed by atoms with van der Waals surface area (Å²) in [7, 11) is 0. The molecule has 116 valence electrons. The van der Waals surface area contributed by atoms with Crippen LogP contribution in [-0.4, -0.2) is 16.6 Å². The van der Waals surface area contributed by atoms with Crippen LogP contribution >= 0.6 is 0 Å². The molecule has 3 rings (SSSR count). The fourth-order valence-electron chi connectivity index (χ4n) is 2.61. The van der Waals surface area contributed by atoms with Gasteiger partial charge in [0.15, 0.2) is 0 Å². The smallest absolute Gasteiger partial charge is 0.255 e. The Bertz CT molecular complexity index is 692. The summed E-state index contributed by atoms with van der Waals surface area (Å²) in [6, 6.07) is 7.69. The number of aromatic nitrogens is 2. The van der Waals surface area contributed by atoms with Crippen LogP contribution in [0.1, 0.15) is 37.4 Å². The molecule has 0 saturated heterocycles. The lowest BCUT2D eigenvalue weighted by atomic mass is 10.2. The van der Waals surface area contributed by atoms with Gasteiger partial charge in [0.1, 0.15) is 5.75 Å². The zero-order valence-corrected chi connectivity index (χ0v) is 12.8. The average molecular weight is 299 g/mol. The number of rotatable bonds is 6. The fourth-order valence-corrected chi connectivity index (χ4v) is 2.61. The SMILES string of the molecule is CCCCOc1ccc(Nc2nc3c(c(=O)[nH]2)CCC3)cc1. The molecule has 2 aromatic rings. The van der Waals surface area contributed by atoms with E-state index in [0.717, 1.165) is 61.4 Å². The van der Waals surface area contributed by atoms with Crippen LogP contribution in [0, 0.1) is 0 Å². The Balaban J connectivity index is 1.68. The van der Waals surface area contributed by atoms with Crippen molar-refractivity contribution in [3.63, 3.8) is 0 Å². The third-order valence-electron chi connectivity index (χ3n) is 3.83. The molecule has 1 aliphatic rings. The molecule has 5 nitrogen and oxygen atoms in total. The van der Waals surface area contributed by atoms with Crippen molar-refractivity contribution in [2.24, 2.45) is 0 Å². The Morgan fingerprint density at radius 2 is 2.09 bits per heavy atom.